The number of carboxylic acid groups (broad SMARTS) is 1. The summed E-state index contributed by atoms with van der Waals surface area (Å²) in [5, 5.41) is 8.92. The molecule has 1 heterocycles. The lowest BCUT2D eigenvalue weighted by Gasteiger charge is -2.43. The summed E-state index contributed by atoms with van der Waals surface area (Å²) in [6, 6.07) is 0.693. The lowest BCUT2D eigenvalue weighted by molar-refractivity contribution is -0.138. The molecule has 0 spiro atoms. The van der Waals surface area contributed by atoms with Crippen LogP contribution in [0.4, 0.5) is 0 Å². The van der Waals surface area contributed by atoms with Gasteiger partial charge in [-0.3, -0.25) is 14.6 Å². The highest BCUT2D eigenvalue weighted by molar-refractivity contribution is 5.69. The lowest BCUT2D eigenvalue weighted by atomic mass is 9.70. The number of hydrogen-bond acceptors (Lipinski definition) is 3. The molecule has 2 fully saturated rings. The van der Waals surface area contributed by atoms with Crippen molar-refractivity contribution in [1.29, 1.82) is 0 Å². The second-order valence-corrected chi connectivity index (χ2v) is 7.63. The van der Waals surface area contributed by atoms with Gasteiger partial charge < -0.3 is 5.11 Å². The van der Waals surface area contributed by atoms with E-state index in [1.807, 2.05) is 0 Å². The van der Waals surface area contributed by atoms with Gasteiger partial charge in [0.25, 0.3) is 0 Å². The molecular formula is C16H30N2O2. The Morgan fingerprint density at radius 1 is 1.20 bits per heavy atom. The minimum Gasteiger partial charge on any atom is -0.480 e. The zero-order valence-electron chi connectivity index (χ0n) is 13.3. The van der Waals surface area contributed by atoms with E-state index in [1.54, 1.807) is 0 Å². The predicted molar refractivity (Wildman–Crippen MR) is 80.8 cm³/mol. The maximum Gasteiger partial charge on any atom is 0.317 e. The fourth-order valence-corrected chi connectivity index (χ4v) is 4.28. The first-order valence-electron chi connectivity index (χ1n) is 8.04. The van der Waals surface area contributed by atoms with E-state index < -0.39 is 5.97 Å². The van der Waals surface area contributed by atoms with Gasteiger partial charge in [0.2, 0.25) is 0 Å². The van der Waals surface area contributed by atoms with Gasteiger partial charge in [-0.2, -0.15) is 0 Å². The first kappa shape index (κ1) is 15.8. The summed E-state index contributed by atoms with van der Waals surface area (Å²) in [7, 11) is 0. The third kappa shape index (κ3) is 4.45. The van der Waals surface area contributed by atoms with E-state index in [0.29, 0.717) is 11.5 Å². The van der Waals surface area contributed by atoms with Gasteiger partial charge >= 0.3 is 5.97 Å². The molecule has 1 saturated carbocycles. The molecule has 1 saturated heterocycles. The lowest BCUT2D eigenvalue weighted by Crippen LogP contribution is -2.45. The zero-order valence-corrected chi connectivity index (χ0v) is 13.3. The molecule has 0 bridgehead atoms. The number of hydrogen-bond donors (Lipinski definition) is 1. The second kappa shape index (κ2) is 6.44. The van der Waals surface area contributed by atoms with Crippen molar-refractivity contribution in [1.82, 2.24) is 9.80 Å². The fourth-order valence-electron chi connectivity index (χ4n) is 4.28. The maximum atomic E-state index is 10.8. The van der Waals surface area contributed by atoms with Crippen molar-refractivity contribution in [3.8, 4) is 0 Å². The van der Waals surface area contributed by atoms with Crippen LogP contribution in [0.3, 0.4) is 0 Å². The summed E-state index contributed by atoms with van der Waals surface area (Å²) in [4.78, 5) is 15.5. The van der Waals surface area contributed by atoms with E-state index >= 15 is 0 Å². The van der Waals surface area contributed by atoms with E-state index in [1.165, 1.54) is 19.3 Å². The molecule has 4 nitrogen and oxygen atoms in total. The Balaban J connectivity index is 1.91. The van der Waals surface area contributed by atoms with Crippen molar-refractivity contribution in [2.45, 2.75) is 52.5 Å². The summed E-state index contributed by atoms with van der Waals surface area (Å²) < 4.78 is 0. The largest absolute Gasteiger partial charge is 0.480 e. The van der Waals surface area contributed by atoms with E-state index in [4.69, 9.17) is 5.11 Å². The van der Waals surface area contributed by atoms with Crippen molar-refractivity contribution in [3.63, 3.8) is 0 Å². The van der Waals surface area contributed by atoms with Crippen LogP contribution in [0.25, 0.3) is 0 Å². The van der Waals surface area contributed by atoms with Gasteiger partial charge in [0, 0.05) is 25.7 Å². The smallest absolute Gasteiger partial charge is 0.317 e. The molecule has 1 aliphatic carbocycles. The SMILES string of the molecule is CC1CC(N2CCCN(CC(=O)O)CC2)CC(C)(C)C1. The Kier molecular flexibility index (Phi) is 5.08. The average molecular weight is 282 g/mol. The van der Waals surface area contributed by atoms with Crippen molar-refractivity contribution in [2.75, 3.05) is 32.7 Å². The number of rotatable bonds is 3. The molecule has 2 rings (SSSR count). The highest BCUT2D eigenvalue weighted by Crippen LogP contribution is 2.40. The third-order valence-corrected chi connectivity index (χ3v) is 4.86. The van der Waals surface area contributed by atoms with Crippen molar-refractivity contribution in [3.05, 3.63) is 0 Å². The van der Waals surface area contributed by atoms with Crippen LogP contribution in [0.1, 0.15) is 46.5 Å². The van der Waals surface area contributed by atoms with E-state index in [-0.39, 0.29) is 6.54 Å². The van der Waals surface area contributed by atoms with Gasteiger partial charge in [-0.25, -0.2) is 0 Å². The number of carbonyl (C=O) groups is 1. The van der Waals surface area contributed by atoms with Crippen LogP contribution >= 0.6 is 0 Å². The summed E-state index contributed by atoms with van der Waals surface area (Å²) in [5.41, 5.74) is 0.454. The number of aliphatic carboxylic acids is 1. The molecule has 0 aromatic rings. The van der Waals surface area contributed by atoms with Crippen LogP contribution in [0, 0.1) is 11.3 Å². The van der Waals surface area contributed by atoms with Gasteiger partial charge in [-0.15, -0.1) is 0 Å². The molecule has 0 aromatic heterocycles. The molecule has 0 radical (unpaired) electrons. The predicted octanol–water partition coefficient (Wildman–Crippen LogP) is 2.29. The minimum absolute atomic E-state index is 0.195. The van der Waals surface area contributed by atoms with Crippen LogP contribution in [0.2, 0.25) is 0 Å². The maximum absolute atomic E-state index is 10.8. The summed E-state index contributed by atoms with van der Waals surface area (Å²) >= 11 is 0. The molecule has 0 amide bonds. The third-order valence-electron chi connectivity index (χ3n) is 4.86. The standard InChI is InChI=1S/C16H30N2O2/c1-13-9-14(11-16(2,3)10-13)18-6-4-5-17(7-8-18)12-15(19)20/h13-14H,4-12H2,1-3H3,(H,19,20). The minimum atomic E-state index is -0.703. The molecule has 4 heteroatoms. The van der Waals surface area contributed by atoms with Gasteiger partial charge in [0.05, 0.1) is 6.54 Å². The first-order chi connectivity index (χ1) is 9.35. The van der Waals surface area contributed by atoms with Crippen molar-refractivity contribution < 1.29 is 9.90 Å². The van der Waals surface area contributed by atoms with Crippen LogP contribution < -0.4 is 0 Å². The number of carboxylic acids is 1. The molecule has 2 unspecified atom stereocenters. The normalized spacial score (nSPS) is 32.8. The topological polar surface area (TPSA) is 43.8 Å². The Labute approximate surface area is 123 Å². The van der Waals surface area contributed by atoms with Crippen molar-refractivity contribution in [2.24, 2.45) is 11.3 Å². The Morgan fingerprint density at radius 3 is 2.60 bits per heavy atom. The zero-order chi connectivity index (χ0) is 14.8. The monoisotopic (exact) mass is 282 g/mol. The van der Waals surface area contributed by atoms with Gasteiger partial charge in [0.15, 0.2) is 0 Å². The summed E-state index contributed by atoms with van der Waals surface area (Å²) in [5.74, 6) is 0.105. The molecule has 20 heavy (non-hydrogen) atoms. The van der Waals surface area contributed by atoms with E-state index in [9.17, 15) is 4.79 Å². The summed E-state index contributed by atoms with van der Waals surface area (Å²) in [6.45, 7) is 11.3. The second-order valence-electron chi connectivity index (χ2n) is 7.63. The summed E-state index contributed by atoms with van der Waals surface area (Å²) in [6.07, 6.45) is 5.03. The van der Waals surface area contributed by atoms with Gasteiger partial charge in [0.1, 0.15) is 0 Å². The van der Waals surface area contributed by atoms with Crippen LogP contribution in [0.15, 0.2) is 0 Å². The molecule has 116 valence electrons. The first-order valence-corrected chi connectivity index (χ1v) is 8.04. The fraction of sp³-hybridized carbons (Fsp3) is 0.938. The van der Waals surface area contributed by atoms with Crippen molar-refractivity contribution >= 4 is 5.97 Å². The molecule has 2 aliphatic rings. The Morgan fingerprint density at radius 2 is 1.95 bits per heavy atom. The van der Waals surface area contributed by atoms with E-state index in [0.717, 1.165) is 38.5 Å². The van der Waals surface area contributed by atoms with E-state index in [2.05, 4.69) is 30.6 Å². The highest BCUT2D eigenvalue weighted by atomic mass is 16.4. The molecular weight excluding hydrogens is 252 g/mol. The van der Waals surface area contributed by atoms with Crippen LogP contribution in [-0.2, 0) is 4.79 Å². The highest BCUT2D eigenvalue weighted by Gasteiger charge is 2.35. The molecule has 0 aromatic carbocycles. The Hall–Kier alpha value is -0.610. The molecule has 1 aliphatic heterocycles. The molecule has 2 atom stereocenters. The molecule has 1 N–H and O–H groups in total. The van der Waals surface area contributed by atoms with Gasteiger partial charge in [-0.1, -0.05) is 20.8 Å². The van der Waals surface area contributed by atoms with Crippen LogP contribution in [-0.4, -0.2) is 59.6 Å². The quantitative estimate of drug-likeness (QED) is 0.862. The van der Waals surface area contributed by atoms with Crippen LogP contribution in [0.5, 0.6) is 0 Å². The Bertz CT molecular complexity index is 343. The average Bonchev–Trinajstić information content (AvgIpc) is 2.51. The number of nitrogens with zero attached hydrogens (tertiary/aromatic N) is 2. The van der Waals surface area contributed by atoms with Gasteiger partial charge in [-0.05, 0) is 43.6 Å².